The van der Waals surface area contributed by atoms with Crippen molar-refractivity contribution in [2.24, 2.45) is 0 Å². The second kappa shape index (κ2) is 13.9. The van der Waals surface area contributed by atoms with Gasteiger partial charge in [0.05, 0.1) is 17.2 Å². The average Bonchev–Trinajstić information content (AvgIpc) is 3.06. The Hall–Kier alpha value is -4.82. The first-order valence-electron chi connectivity index (χ1n) is 14.2. The minimum absolute atomic E-state index is 0.0336. The number of aliphatic carboxylic acids is 1. The molecule has 0 saturated heterocycles. The molecule has 5 rings (SSSR count). The summed E-state index contributed by atoms with van der Waals surface area (Å²) in [7, 11) is 0. The van der Waals surface area contributed by atoms with E-state index in [0.29, 0.717) is 52.2 Å². The van der Waals surface area contributed by atoms with Crippen molar-refractivity contribution >= 4 is 17.6 Å². The van der Waals surface area contributed by atoms with Crippen molar-refractivity contribution in [2.75, 3.05) is 19.8 Å². The van der Waals surface area contributed by atoms with Gasteiger partial charge in [0, 0.05) is 36.1 Å². The molecule has 0 fully saturated rings. The van der Waals surface area contributed by atoms with Crippen molar-refractivity contribution in [1.82, 2.24) is 10.3 Å². The second-order valence-electron chi connectivity index (χ2n) is 10.8. The fourth-order valence-electron chi connectivity index (χ4n) is 4.76. The number of pyridine rings is 1. The number of rotatable bonds is 12. The molecule has 0 spiro atoms. The molecule has 1 aliphatic rings. The van der Waals surface area contributed by atoms with E-state index in [2.05, 4.69) is 16.4 Å². The van der Waals surface area contributed by atoms with Crippen molar-refractivity contribution in [3.05, 3.63) is 99.8 Å². The highest BCUT2D eigenvalue weighted by atomic mass is 35.5. The molecule has 3 N–H and O–H groups in total. The van der Waals surface area contributed by atoms with Crippen LogP contribution in [0.25, 0.3) is 11.1 Å². The van der Waals surface area contributed by atoms with E-state index in [0.717, 1.165) is 28.0 Å². The van der Waals surface area contributed by atoms with Gasteiger partial charge in [-0.3, -0.25) is 15.1 Å². The molecule has 1 atom stereocenters. The summed E-state index contributed by atoms with van der Waals surface area (Å²) in [5, 5.41) is 31.7. The second-order valence-corrected chi connectivity index (χ2v) is 11.2. The number of nitrogens with zero attached hydrogens (tertiary/aromatic N) is 2. The van der Waals surface area contributed by atoms with Crippen LogP contribution < -0.4 is 24.3 Å². The number of hydrogen-bond donors (Lipinski definition) is 3. The van der Waals surface area contributed by atoms with E-state index >= 15 is 0 Å². The molecule has 0 radical (unpaired) electrons. The molecule has 3 aromatic carbocycles. The number of halogens is 1. The standard InChI is InChI=1S/C34H32ClN3O7/c1-21-25(4-3-5-27(21)24-6-7-29-32(12-24)43-9-8-42-29)19-45-31-13-30(44-18-23-10-22(14-36)15-37-16-23)26(11-28(31)35)17-38-34(2,20-39)33(40)41/h3-7,10-13,15-16,38-39H,8-9,17-20H2,1-2H3,(H,40,41). The first-order chi connectivity index (χ1) is 21.7. The van der Waals surface area contributed by atoms with E-state index in [1.165, 1.54) is 13.1 Å². The Labute approximate surface area is 265 Å². The molecule has 1 unspecified atom stereocenters. The molecular weight excluding hydrogens is 598 g/mol. The number of benzene rings is 3. The van der Waals surface area contributed by atoms with Gasteiger partial charge >= 0.3 is 5.97 Å². The van der Waals surface area contributed by atoms with Crippen LogP contribution in [-0.2, 0) is 24.6 Å². The Morgan fingerprint density at radius 1 is 1.04 bits per heavy atom. The van der Waals surface area contributed by atoms with Crippen LogP contribution >= 0.6 is 11.6 Å². The number of ether oxygens (including phenoxy) is 4. The van der Waals surface area contributed by atoms with Gasteiger partial charge in [0.25, 0.3) is 0 Å². The van der Waals surface area contributed by atoms with Gasteiger partial charge in [0.15, 0.2) is 11.5 Å². The lowest BCUT2D eigenvalue weighted by Crippen LogP contribution is -2.52. The van der Waals surface area contributed by atoms with Gasteiger partial charge in [-0.05, 0) is 60.4 Å². The molecule has 4 aromatic rings. The average molecular weight is 630 g/mol. The van der Waals surface area contributed by atoms with Crippen LogP contribution in [0.3, 0.4) is 0 Å². The lowest BCUT2D eigenvalue weighted by Gasteiger charge is -2.25. The zero-order valence-corrected chi connectivity index (χ0v) is 25.6. The summed E-state index contributed by atoms with van der Waals surface area (Å²) in [4.78, 5) is 15.8. The molecule has 232 valence electrons. The summed E-state index contributed by atoms with van der Waals surface area (Å²) in [6, 6.07) is 18.9. The van der Waals surface area contributed by atoms with Gasteiger partial charge in [-0.1, -0.05) is 35.9 Å². The molecule has 1 aliphatic heterocycles. The van der Waals surface area contributed by atoms with Crippen LogP contribution in [0, 0.1) is 18.3 Å². The molecule has 0 bridgehead atoms. The highest BCUT2D eigenvalue weighted by molar-refractivity contribution is 6.32. The lowest BCUT2D eigenvalue weighted by molar-refractivity contribution is -0.145. The zero-order chi connectivity index (χ0) is 32.0. The number of carbonyl (C=O) groups is 1. The Bertz CT molecular complexity index is 1760. The van der Waals surface area contributed by atoms with Gasteiger partial charge in [-0.2, -0.15) is 5.26 Å². The number of aliphatic hydroxyl groups is 1. The first-order valence-corrected chi connectivity index (χ1v) is 14.6. The molecule has 45 heavy (non-hydrogen) atoms. The van der Waals surface area contributed by atoms with Gasteiger partial charge in [0.1, 0.15) is 49.5 Å². The van der Waals surface area contributed by atoms with Crippen LogP contribution in [0.15, 0.2) is 67.0 Å². The number of nitriles is 1. The van der Waals surface area contributed by atoms with Crippen LogP contribution in [0.4, 0.5) is 0 Å². The fraction of sp³-hybridized carbons (Fsp3) is 0.265. The van der Waals surface area contributed by atoms with Crippen molar-refractivity contribution in [3.63, 3.8) is 0 Å². The van der Waals surface area contributed by atoms with Crippen LogP contribution in [-0.4, -0.2) is 46.5 Å². The quantitative estimate of drug-likeness (QED) is 0.185. The summed E-state index contributed by atoms with van der Waals surface area (Å²) in [6.07, 6.45) is 3.05. The number of fused-ring (bicyclic) bond motifs is 1. The zero-order valence-electron chi connectivity index (χ0n) is 24.8. The van der Waals surface area contributed by atoms with E-state index in [9.17, 15) is 20.3 Å². The molecule has 11 heteroatoms. The molecular formula is C34H32ClN3O7. The SMILES string of the molecule is Cc1c(COc2cc(OCc3cncc(C#N)c3)c(CNC(C)(CO)C(=O)O)cc2Cl)cccc1-c1ccc2c(c1)OCCO2. The minimum Gasteiger partial charge on any atom is -0.488 e. The third-order valence-corrected chi connectivity index (χ3v) is 7.87. The molecule has 0 amide bonds. The summed E-state index contributed by atoms with van der Waals surface area (Å²) in [5.41, 5.74) is 4.04. The Morgan fingerprint density at radius 3 is 2.58 bits per heavy atom. The predicted octanol–water partition coefficient (Wildman–Crippen LogP) is 5.44. The number of hydrogen-bond acceptors (Lipinski definition) is 9. The third-order valence-electron chi connectivity index (χ3n) is 7.57. The van der Waals surface area contributed by atoms with Crippen molar-refractivity contribution in [3.8, 4) is 40.2 Å². The molecule has 1 aromatic heterocycles. The molecule has 10 nitrogen and oxygen atoms in total. The van der Waals surface area contributed by atoms with E-state index in [4.69, 9.17) is 30.5 Å². The Morgan fingerprint density at radius 2 is 1.82 bits per heavy atom. The maximum atomic E-state index is 11.7. The normalized spacial score (nSPS) is 13.4. The summed E-state index contributed by atoms with van der Waals surface area (Å²) < 4.78 is 23.8. The molecule has 2 heterocycles. The fourth-order valence-corrected chi connectivity index (χ4v) is 5.00. The first kappa shape index (κ1) is 31.6. The van der Waals surface area contributed by atoms with Crippen LogP contribution in [0.5, 0.6) is 23.0 Å². The van der Waals surface area contributed by atoms with E-state index < -0.39 is 18.1 Å². The minimum atomic E-state index is -1.58. The summed E-state index contributed by atoms with van der Waals surface area (Å²) >= 11 is 6.66. The largest absolute Gasteiger partial charge is 0.488 e. The van der Waals surface area contributed by atoms with Crippen molar-refractivity contribution in [1.29, 1.82) is 5.26 Å². The van der Waals surface area contributed by atoms with Crippen LogP contribution in [0.2, 0.25) is 5.02 Å². The topological polar surface area (TPSA) is 143 Å². The smallest absolute Gasteiger partial charge is 0.326 e. The highest BCUT2D eigenvalue weighted by Crippen LogP contribution is 2.37. The number of aromatic nitrogens is 1. The molecule has 0 aliphatic carbocycles. The number of nitrogens with one attached hydrogen (secondary N) is 1. The van der Waals surface area contributed by atoms with Gasteiger partial charge < -0.3 is 29.2 Å². The highest BCUT2D eigenvalue weighted by Gasteiger charge is 2.32. The van der Waals surface area contributed by atoms with Crippen LogP contribution in [0.1, 0.15) is 34.7 Å². The van der Waals surface area contributed by atoms with E-state index in [1.54, 1.807) is 24.4 Å². The van der Waals surface area contributed by atoms with Gasteiger partial charge in [-0.15, -0.1) is 0 Å². The third kappa shape index (κ3) is 7.29. The summed E-state index contributed by atoms with van der Waals surface area (Å²) in [6.45, 7) is 4.17. The Balaban J connectivity index is 1.39. The van der Waals surface area contributed by atoms with E-state index in [1.807, 2.05) is 43.3 Å². The number of carboxylic acids is 1. The van der Waals surface area contributed by atoms with Gasteiger partial charge in [-0.25, -0.2) is 0 Å². The Kier molecular flexibility index (Phi) is 9.74. The predicted molar refractivity (Wildman–Crippen MR) is 167 cm³/mol. The van der Waals surface area contributed by atoms with Crippen molar-refractivity contribution < 1.29 is 34.0 Å². The lowest BCUT2D eigenvalue weighted by atomic mass is 9.96. The van der Waals surface area contributed by atoms with E-state index in [-0.39, 0.29) is 19.8 Å². The maximum Gasteiger partial charge on any atom is 0.326 e. The molecule has 0 saturated carbocycles. The van der Waals surface area contributed by atoms with Gasteiger partial charge in [0.2, 0.25) is 0 Å². The monoisotopic (exact) mass is 629 g/mol. The maximum absolute atomic E-state index is 11.7. The summed E-state index contributed by atoms with van der Waals surface area (Å²) in [5.74, 6) is 0.993. The number of aliphatic hydroxyl groups excluding tert-OH is 1. The van der Waals surface area contributed by atoms with Crippen molar-refractivity contribution in [2.45, 2.75) is 39.1 Å². The number of carboxylic acid groups (broad SMARTS) is 1.